The van der Waals surface area contributed by atoms with Crippen molar-refractivity contribution in [3.63, 3.8) is 0 Å². The fourth-order valence-corrected chi connectivity index (χ4v) is 3.96. The van der Waals surface area contributed by atoms with Gasteiger partial charge in [-0.3, -0.25) is 14.9 Å². The van der Waals surface area contributed by atoms with E-state index in [1.807, 2.05) is 23.1 Å². The molecule has 0 bridgehead atoms. The maximum absolute atomic E-state index is 12.9. The number of non-ortho nitro benzene ring substituents is 1. The standard InChI is InChI=1S/C20H20ClN3O4/c21-16-4-5-19-14(11-16)10-15(13-28-19)20(25)23-8-6-22(7-9-23)17-2-1-3-18(12-17)24(26)27/h1-5,11-12,15H,6-10,13H2. The van der Waals surface area contributed by atoms with Crippen LogP contribution in [0.5, 0.6) is 5.75 Å². The number of carbonyl (C=O) groups excluding carboxylic acids is 1. The number of hydrogen-bond acceptors (Lipinski definition) is 5. The van der Waals surface area contributed by atoms with Crippen LogP contribution in [0.25, 0.3) is 0 Å². The van der Waals surface area contributed by atoms with Crippen molar-refractivity contribution in [1.29, 1.82) is 0 Å². The predicted octanol–water partition coefficient (Wildman–Crippen LogP) is 3.15. The first-order chi connectivity index (χ1) is 13.5. The molecule has 0 aromatic heterocycles. The number of anilines is 1. The molecule has 2 aliphatic heterocycles. The van der Waals surface area contributed by atoms with Crippen LogP contribution < -0.4 is 9.64 Å². The number of nitro benzene ring substituents is 1. The van der Waals surface area contributed by atoms with Gasteiger partial charge in [-0.05, 0) is 36.2 Å². The van der Waals surface area contributed by atoms with E-state index in [-0.39, 0.29) is 17.5 Å². The van der Waals surface area contributed by atoms with Crippen LogP contribution in [-0.4, -0.2) is 48.5 Å². The van der Waals surface area contributed by atoms with Gasteiger partial charge in [0.05, 0.1) is 10.8 Å². The van der Waals surface area contributed by atoms with Crippen LogP contribution >= 0.6 is 11.6 Å². The van der Waals surface area contributed by atoms with Crippen LogP contribution in [0.15, 0.2) is 42.5 Å². The molecular weight excluding hydrogens is 382 g/mol. The Hall–Kier alpha value is -2.80. The van der Waals surface area contributed by atoms with E-state index in [9.17, 15) is 14.9 Å². The summed E-state index contributed by atoms with van der Waals surface area (Å²) in [5.41, 5.74) is 1.85. The van der Waals surface area contributed by atoms with Gasteiger partial charge in [-0.25, -0.2) is 0 Å². The van der Waals surface area contributed by atoms with E-state index in [1.54, 1.807) is 18.2 Å². The lowest BCUT2D eigenvalue weighted by Crippen LogP contribution is -2.51. The molecule has 8 heteroatoms. The number of nitrogens with zero attached hydrogens (tertiary/aromatic N) is 3. The van der Waals surface area contributed by atoms with Gasteiger partial charge in [0, 0.05) is 49.0 Å². The molecule has 1 fully saturated rings. The highest BCUT2D eigenvalue weighted by Gasteiger charge is 2.31. The maximum atomic E-state index is 12.9. The Morgan fingerprint density at radius 1 is 1.14 bits per heavy atom. The summed E-state index contributed by atoms with van der Waals surface area (Å²) in [6, 6.07) is 12.1. The normalized spacial score (nSPS) is 19.0. The predicted molar refractivity (Wildman–Crippen MR) is 106 cm³/mol. The number of amides is 1. The topological polar surface area (TPSA) is 75.9 Å². The Morgan fingerprint density at radius 3 is 2.68 bits per heavy atom. The molecule has 0 saturated carbocycles. The van der Waals surface area contributed by atoms with E-state index < -0.39 is 4.92 Å². The third-order valence-electron chi connectivity index (χ3n) is 5.28. The number of nitro groups is 1. The average Bonchev–Trinajstić information content (AvgIpc) is 2.73. The van der Waals surface area contributed by atoms with Crippen molar-refractivity contribution >= 4 is 28.9 Å². The molecule has 4 rings (SSSR count). The van der Waals surface area contributed by atoms with E-state index in [1.165, 1.54) is 6.07 Å². The summed E-state index contributed by atoms with van der Waals surface area (Å²) >= 11 is 6.06. The molecule has 2 aromatic rings. The molecule has 7 nitrogen and oxygen atoms in total. The number of carbonyl (C=O) groups is 1. The minimum Gasteiger partial charge on any atom is -0.492 e. The smallest absolute Gasteiger partial charge is 0.271 e. The van der Waals surface area contributed by atoms with Crippen molar-refractivity contribution in [3.05, 3.63) is 63.2 Å². The molecule has 0 radical (unpaired) electrons. The number of rotatable bonds is 3. The third-order valence-corrected chi connectivity index (χ3v) is 5.51. The van der Waals surface area contributed by atoms with Gasteiger partial charge in [0.2, 0.25) is 5.91 Å². The van der Waals surface area contributed by atoms with Crippen molar-refractivity contribution in [2.24, 2.45) is 5.92 Å². The number of halogens is 1. The van der Waals surface area contributed by atoms with Crippen molar-refractivity contribution < 1.29 is 14.5 Å². The molecule has 2 heterocycles. The lowest BCUT2D eigenvalue weighted by Gasteiger charge is -2.38. The summed E-state index contributed by atoms with van der Waals surface area (Å²) < 4.78 is 5.75. The zero-order valence-electron chi connectivity index (χ0n) is 15.2. The first-order valence-corrected chi connectivity index (χ1v) is 9.58. The van der Waals surface area contributed by atoms with Crippen molar-refractivity contribution in [1.82, 2.24) is 4.90 Å². The number of ether oxygens (including phenoxy) is 1. The average molecular weight is 402 g/mol. The summed E-state index contributed by atoms with van der Waals surface area (Å²) in [7, 11) is 0. The summed E-state index contributed by atoms with van der Waals surface area (Å²) in [6.07, 6.45) is 0.625. The minimum absolute atomic E-state index is 0.0766. The molecule has 0 spiro atoms. The molecule has 28 heavy (non-hydrogen) atoms. The van der Waals surface area contributed by atoms with Gasteiger partial charge in [0.15, 0.2) is 0 Å². The second kappa shape index (κ2) is 7.67. The Morgan fingerprint density at radius 2 is 1.93 bits per heavy atom. The molecule has 1 atom stereocenters. The molecule has 1 saturated heterocycles. The molecule has 146 valence electrons. The van der Waals surface area contributed by atoms with Gasteiger partial charge in [-0.2, -0.15) is 0 Å². The molecule has 2 aromatic carbocycles. The monoisotopic (exact) mass is 401 g/mol. The first-order valence-electron chi connectivity index (χ1n) is 9.20. The van der Waals surface area contributed by atoms with Crippen molar-refractivity contribution in [2.75, 3.05) is 37.7 Å². The first kappa shape index (κ1) is 18.6. The van der Waals surface area contributed by atoms with Gasteiger partial charge in [0.1, 0.15) is 12.4 Å². The second-order valence-corrected chi connectivity index (χ2v) is 7.49. The fourth-order valence-electron chi connectivity index (χ4n) is 3.77. The van der Waals surface area contributed by atoms with E-state index >= 15 is 0 Å². The van der Waals surface area contributed by atoms with Gasteiger partial charge < -0.3 is 14.5 Å². The number of piperazine rings is 1. The van der Waals surface area contributed by atoms with Crippen LogP contribution in [0, 0.1) is 16.0 Å². The summed E-state index contributed by atoms with van der Waals surface area (Å²) in [6.45, 7) is 2.82. The van der Waals surface area contributed by atoms with Crippen LogP contribution in [0.2, 0.25) is 5.02 Å². The van der Waals surface area contributed by atoms with Gasteiger partial charge >= 0.3 is 0 Å². The van der Waals surface area contributed by atoms with Gasteiger partial charge in [-0.1, -0.05) is 17.7 Å². The Labute approximate surface area is 167 Å². The number of hydrogen-bond donors (Lipinski definition) is 0. The SMILES string of the molecule is O=C(C1COc2ccc(Cl)cc2C1)N1CCN(c2cccc([N+](=O)[O-])c2)CC1. The Bertz CT molecular complexity index is 912. The van der Waals surface area contributed by atoms with E-state index in [2.05, 4.69) is 4.90 Å². The van der Waals surface area contributed by atoms with E-state index in [4.69, 9.17) is 16.3 Å². The van der Waals surface area contributed by atoms with Crippen LogP contribution in [-0.2, 0) is 11.2 Å². The zero-order valence-corrected chi connectivity index (χ0v) is 16.0. The van der Waals surface area contributed by atoms with E-state index in [0.717, 1.165) is 17.0 Å². The van der Waals surface area contributed by atoms with Gasteiger partial charge in [-0.15, -0.1) is 0 Å². The lowest BCUT2D eigenvalue weighted by molar-refractivity contribution is -0.384. The van der Waals surface area contributed by atoms with Crippen LogP contribution in [0.4, 0.5) is 11.4 Å². The number of fused-ring (bicyclic) bond motifs is 1. The Balaban J connectivity index is 1.38. The van der Waals surface area contributed by atoms with Crippen LogP contribution in [0.3, 0.4) is 0 Å². The number of benzene rings is 2. The highest BCUT2D eigenvalue weighted by atomic mass is 35.5. The second-order valence-electron chi connectivity index (χ2n) is 7.05. The summed E-state index contributed by atoms with van der Waals surface area (Å²) in [5.74, 6) is 0.670. The van der Waals surface area contributed by atoms with Crippen molar-refractivity contribution in [3.8, 4) is 5.75 Å². The largest absolute Gasteiger partial charge is 0.492 e. The molecule has 0 N–H and O–H groups in total. The summed E-state index contributed by atoms with van der Waals surface area (Å²) in [5, 5.41) is 11.6. The van der Waals surface area contributed by atoms with Gasteiger partial charge in [0.25, 0.3) is 5.69 Å². The molecule has 2 aliphatic rings. The summed E-state index contributed by atoms with van der Waals surface area (Å²) in [4.78, 5) is 27.5. The highest BCUT2D eigenvalue weighted by Crippen LogP contribution is 2.31. The zero-order chi connectivity index (χ0) is 19.7. The lowest BCUT2D eigenvalue weighted by atomic mass is 9.95. The molecule has 1 unspecified atom stereocenters. The van der Waals surface area contributed by atoms with Crippen molar-refractivity contribution in [2.45, 2.75) is 6.42 Å². The van der Waals surface area contributed by atoms with Crippen LogP contribution in [0.1, 0.15) is 5.56 Å². The quantitative estimate of drug-likeness (QED) is 0.583. The van der Waals surface area contributed by atoms with E-state index in [0.29, 0.717) is 44.2 Å². The molecule has 0 aliphatic carbocycles. The molecule has 1 amide bonds. The fraction of sp³-hybridized carbons (Fsp3) is 0.350. The minimum atomic E-state index is -0.392. The molecular formula is C20H20ClN3O4. The maximum Gasteiger partial charge on any atom is 0.271 e. The Kier molecular flexibility index (Phi) is 5.09. The highest BCUT2D eigenvalue weighted by molar-refractivity contribution is 6.30. The third kappa shape index (κ3) is 3.75.